The zero-order chi connectivity index (χ0) is 17.1. The van der Waals surface area contributed by atoms with Gasteiger partial charge in [-0.05, 0) is 39.8 Å². The first kappa shape index (κ1) is 19.8. The Hall–Kier alpha value is -2.20. The highest BCUT2D eigenvalue weighted by atomic mass is 16.4. The molecule has 0 aromatic heterocycles. The molecule has 0 radical (unpaired) electrons. The molecule has 10 nitrogen and oxygen atoms in total. The van der Waals surface area contributed by atoms with Gasteiger partial charge >= 0.3 is 12.2 Å². The van der Waals surface area contributed by atoms with Crippen molar-refractivity contribution in [3.8, 4) is 0 Å². The van der Waals surface area contributed by atoms with Gasteiger partial charge < -0.3 is 20.8 Å². The van der Waals surface area contributed by atoms with Gasteiger partial charge in [0.2, 0.25) is 11.8 Å². The van der Waals surface area contributed by atoms with Gasteiger partial charge in [-0.15, -0.1) is 0 Å². The van der Waals surface area contributed by atoms with Crippen LogP contribution in [0.4, 0.5) is 9.59 Å². The van der Waals surface area contributed by atoms with Crippen LogP contribution in [0.5, 0.6) is 0 Å². The molecule has 10 heteroatoms. The van der Waals surface area contributed by atoms with Crippen LogP contribution in [-0.2, 0) is 9.59 Å². The van der Waals surface area contributed by atoms with E-state index in [1.54, 1.807) is 24.5 Å². The van der Waals surface area contributed by atoms with Crippen molar-refractivity contribution in [1.82, 2.24) is 21.3 Å². The SMILES string of the molecule is CC(NCCCCNC(C)C(=O)NC(=O)O)C(=O)NC(=O)O. The molecule has 0 aliphatic rings. The first-order valence-electron chi connectivity index (χ1n) is 6.78. The summed E-state index contributed by atoms with van der Waals surface area (Å²) in [5.74, 6) is -1.24. The maximum atomic E-state index is 11.3. The second kappa shape index (κ2) is 10.5. The largest absolute Gasteiger partial charge is 0.465 e. The van der Waals surface area contributed by atoms with Crippen molar-refractivity contribution in [2.75, 3.05) is 13.1 Å². The fraction of sp³-hybridized carbons (Fsp3) is 0.667. The van der Waals surface area contributed by atoms with Gasteiger partial charge in [-0.1, -0.05) is 0 Å². The minimum Gasteiger partial charge on any atom is -0.465 e. The van der Waals surface area contributed by atoms with Crippen LogP contribution in [-0.4, -0.2) is 59.4 Å². The van der Waals surface area contributed by atoms with Crippen molar-refractivity contribution < 1.29 is 29.4 Å². The second-order valence-electron chi connectivity index (χ2n) is 4.65. The predicted octanol–water partition coefficient (Wildman–Crippen LogP) is -0.689. The van der Waals surface area contributed by atoms with E-state index in [0.29, 0.717) is 25.9 Å². The molecule has 126 valence electrons. The van der Waals surface area contributed by atoms with Crippen molar-refractivity contribution in [3.05, 3.63) is 0 Å². The molecule has 0 rings (SSSR count). The maximum Gasteiger partial charge on any atom is 0.411 e. The van der Waals surface area contributed by atoms with E-state index in [0.717, 1.165) is 0 Å². The third-order valence-corrected chi connectivity index (χ3v) is 2.75. The van der Waals surface area contributed by atoms with Crippen LogP contribution in [0.15, 0.2) is 0 Å². The number of nitrogens with one attached hydrogen (secondary N) is 4. The van der Waals surface area contributed by atoms with Crippen LogP contribution >= 0.6 is 0 Å². The Morgan fingerprint density at radius 1 is 0.773 bits per heavy atom. The van der Waals surface area contributed by atoms with Gasteiger partial charge in [0.25, 0.3) is 0 Å². The van der Waals surface area contributed by atoms with Crippen LogP contribution < -0.4 is 21.3 Å². The van der Waals surface area contributed by atoms with E-state index < -0.39 is 36.1 Å². The molecule has 0 aliphatic carbocycles. The quantitative estimate of drug-likeness (QED) is 0.305. The Morgan fingerprint density at radius 3 is 1.36 bits per heavy atom. The summed E-state index contributed by atoms with van der Waals surface area (Å²) < 4.78 is 0. The standard InChI is InChI=1S/C12H22N4O6/c1-7(9(17)15-11(19)20)13-5-3-4-6-14-8(2)10(18)16-12(21)22/h7-8,13-14H,3-6H2,1-2H3,(H,15,17)(H,16,18)(H,19,20)(H,21,22). The highest BCUT2D eigenvalue weighted by molar-refractivity contribution is 5.94. The summed E-state index contributed by atoms with van der Waals surface area (Å²) in [6.07, 6.45) is -1.39. The second-order valence-corrected chi connectivity index (χ2v) is 4.65. The van der Waals surface area contributed by atoms with Crippen molar-refractivity contribution in [2.45, 2.75) is 38.8 Å². The molecule has 0 saturated carbocycles. The molecule has 22 heavy (non-hydrogen) atoms. The fourth-order valence-corrected chi connectivity index (χ4v) is 1.50. The number of hydrogen-bond acceptors (Lipinski definition) is 6. The molecule has 0 spiro atoms. The van der Waals surface area contributed by atoms with Crippen LogP contribution in [0.1, 0.15) is 26.7 Å². The van der Waals surface area contributed by atoms with Gasteiger partial charge in [0.15, 0.2) is 0 Å². The molecule has 0 aliphatic heterocycles. The zero-order valence-corrected chi connectivity index (χ0v) is 12.5. The van der Waals surface area contributed by atoms with E-state index in [-0.39, 0.29) is 0 Å². The van der Waals surface area contributed by atoms with Gasteiger partial charge in [-0.2, -0.15) is 0 Å². The van der Waals surface area contributed by atoms with Gasteiger partial charge in [-0.25, -0.2) is 9.59 Å². The van der Waals surface area contributed by atoms with Crippen molar-refractivity contribution >= 4 is 24.0 Å². The number of rotatable bonds is 9. The maximum absolute atomic E-state index is 11.3. The summed E-state index contributed by atoms with van der Waals surface area (Å²) in [6, 6.07) is -1.24. The molecule has 0 bridgehead atoms. The number of unbranched alkanes of at least 4 members (excludes halogenated alkanes) is 1. The molecule has 0 aromatic rings. The molecule has 0 saturated heterocycles. The molecule has 0 fully saturated rings. The van der Waals surface area contributed by atoms with E-state index in [2.05, 4.69) is 10.6 Å². The highest BCUT2D eigenvalue weighted by Gasteiger charge is 2.15. The van der Waals surface area contributed by atoms with E-state index in [1.165, 1.54) is 0 Å². The Bertz CT molecular complexity index is 376. The molecular formula is C12H22N4O6. The van der Waals surface area contributed by atoms with Crippen LogP contribution in [0.2, 0.25) is 0 Å². The molecule has 2 unspecified atom stereocenters. The molecule has 6 N–H and O–H groups in total. The predicted molar refractivity (Wildman–Crippen MR) is 76.5 cm³/mol. The first-order chi connectivity index (χ1) is 10.2. The van der Waals surface area contributed by atoms with Crippen molar-refractivity contribution in [2.24, 2.45) is 0 Å². The lowest BCUT2D eigenvalue weighted by Gasteiger charge is -2.13. The van der Waals surface area contributed by atoms with Crippen LogP contribution in [0.3, 0.4) is 0 Å². The average molecular weight is 318 g/mol. The molecule has 0 heterocycles. The minimum absolute atomic E-state index is 0.506. The topological polar surface area (TPSA) is 157 Å². The summed E-state index contributed by atoms with van der Waals surface area (Å²) in [5, 5.41) is 26.0. The summed E-state index contributed by atoms with van der Waals surface area (Å²) in [7, 11) is 0. The summed E-state index contributed by atoms with van der Waals surface area (Å²) in [5.41, 5.74) is 0. The van der Waals surface area contributed by atoms with Crippen molar-refractivity contribution in [1.29, 1.82) is 0 Å². The Morgan fingerprint density at radius 2 is 1.09 bits per heavy atom. The number of imide groups is 2. The van der Waals surface area contributed by atoms with E-state index in [1.807, 2.05) is 0 Å². The smallest absolute Gasteiger partial charge is 0.411 e. The number of carbonyl (C=O) groups excluding carboxylic acids is 2. The summed E-state index contributed by atoms with van der Waals surface area (Å²) in [6.45, 7) is 4.11. The fourth-order valence-electron chi connectivity index (χ4n) is 1.50. The lowest BCUT2D eigenvalue weighted by molar-refractivity contribution is -0.122. The van der Waals surface area contributed by atoms with Gasteiger partial charge in [0.05, 0.1) is 12.1 Å². The molecule has 0 aromatic carbocycles. The van der Waals surface area contributed by atoms with Gasteiger partial charge in [0.1, 0.15) is 0 Å². The number of amides is 4. The van der Waals surface area contributed by atoms with Gasteiger partial charge in [0, 0.05) is 0 Å². The van der Waals surface area contributed by atoms with Crippen molar-refractivity contribution in [3.63, 3.8) is 0 Å². The van der Waals surface area contributed by atoms with E-state index in [4.69, 9.17) is 10.2 Å². The molecule has 2 atom stereocenters. The van der Waals surface area contributed by atoms with E-state index >= 15 is 0 Å². The van der Waals surface area contributed by atoms with Crippen LogP contribution in [0.25, 0.3) is 0 Å². The third-order valence-electron chi connectivity index (χ3n) is 2.75. The minimum atomic E-state index is -1.39. The highest BCUT2D eigenvalue weighted by Crippen LogP contribution is 1.90. The number of hydrogen-bond donors (Lipinski definition) is 6. The normalized spacial score (nSPS) is 13.0. The van der Waals surface area contributed by atoms with Crippen LogP contribution in [0, 0.1) is 0 Å². The van der Waals surface area contributed by atoms with E-state index in [9.17, 15) is 19.2 Å². The van der Waals surface area contributed by atoms with Gasteiger partial charge in [-0.3, -0.25) is 20.2 Å². The number of carboxylic acid groups (broad SMARTS) is 2. The summed E-state index contributed by atoms with van der Waals surface area (Å²) >= 11 is 0. The molecule has 4 amide bonds. The first-order valence-corrected chi connectivity index (χ1v) is 6.78. The molecular weight excluding hydrogens is 296 g/mol. The lowest BCUT2D eigenvalue weighted by Crippen LogP contribution is -2.45. The lowest BCUT2D eigenvalue weighted by atomic mass is 10.2. The number of carbonyl (C=O) groups is 4. The third kappa shape index (κ3) is 9.66. The Kier molecular flexibility index (Phi) is 9.46. The average Bonchev–Trinajstić information content (AvgIpc) is 2.40. The Balaban J connectivity index is 3.69. The zero-order valence-electron chi connectivity index (χ0n) is 12.5. The monoisotopic (exact) mass is 318 g/mol. The Labute approximate surface area is 127 Å². The summed E-state index contributed by atoms with van der Waals surface area (Å²) in [4.78, 5) is 43.1.